The SMILES string of the molecule is O=[N+]([O-])c1ccc(/C=C/c2cc(Cl)c(O)c(Cl)c2)c([N+]2([O-])OO2)c1. The Balaban J connectivity index is 1.99. The Morgan fingerprint density at radius 3 is 2.29 bits per heavy atom. The number of aromatic hydroxyl groups is 1. The number of phenolic OH excluding ortho intramolecular Hbond substituents is 1. The summed E-state index contributed by atoms with van der Waals surface area (Å²) < 4.78 is 0. The Morgan fingerprint density at radius 2 is 1.75 bits per heavy atom. The summed E-state index contributed by atoms with van der Waals surface area (Å²) in [4.78, 5) is 17.3. The summed E-state index contributed by atoms with van der Waals surface area (Å²) in [6.07, 6.45) is 3.08. The van der Waals surface area contributed by atoms with E-state index in [1.54, 1.807) is 6.08 Å². The van der Waals surface area contributed by atoms with E-state index in [1.807, 2.05) is 0 Å². The molecule has 0 atom stereocenters. The number of quaternary nitrogens is 1. The van der Waals surface area contributed by atoms with E-state index >= 15 is 0 Å². The largest absolute Gasteiger partial charge is 0.553 e. The second-order valence-electron chi connectivity index (χ2n) is 4.81. The van der Waals surface area contributed by atoms with E-state index in [0.717, 1.165) is 6.07 Å². The summed E-state index contributed by atoms with van der Waals surface area (Å²) in [6, 6.07) is 6.63. The fourth-order valence-corrected chi connectivity index (χ4v) is 2.51. The van der Waals surface area contributed by atoms with Gasteiger partial charge in [-0.05, 0) is 29.8 Å². The van der Waals surface area contributed by atoms with Gasteiger partial charge in [0.2, 0.25) is 5.69 Å². The normalized spacial score (nSPS) is 15.6. The third-order valence-electron chi connectivity index (χ3n) is 3.22. The number of benzene rings is 2. The van der Waals surface area contributed by atoms with Crippen molar-refractivity contribution in [2.45, 2.75) is 0 Å². The van der Waals surface area contributed by atoms with Gasteiger partial charge < -0.3 is 10.3 Å². The molecule has 1 aliphatic rings. The molecule has 1 saturated heterocycles. The molecule has 10 heteroatoms. The van der Waals surface area contributed by atoms with Gasteiger partial charge in [-0.15, -0.1) is 0 Å². The van der Waals surface area contributed by atoms with Crippen LogP contribution in [0.2, 0.25) is 10.0 Å². The monoisotopic (exact) mass is 370 g/mol. The number of halogens is 2. The fraction of sp³-hybridized carbons (Fsp3) is 0. The van der Waals surface area contributed by atoms with Crippen LogP contribution < -0.4 is 4.97 Å². The Kier molecular flexibility index (Phi) is 4.18. The average molecular weight is 371 g/mol. The van der Waals surface area contributed by atoms with Crippen LogP contribution in [0.15, 0.2) is 30.3 Å². The third kappa shape index (κ3) is 3.20. The van der Waals surface area contributed by atoms with Crippen molar-refractivity contribution in [1.82, 2.24) is 4.97 Å². The smallest absolute Gasteiger partial charge is 0.275 e. The van der Waals surface area contributed by atoms with E-state index in [1.165, 1.54) is 30.3 Å². The van der Waals surface area contributed by atoms with Crippen LogP contribution in [0, 0.1) is 15.3 Å². The van der Waals surface area contributed by atoms with E-state index < -0.39 is 9.90 Å². The minimum atomic E-state index is -1.57. The van der Waals surface area contributed by atoms with Gasteiger partial charge in [-0.25, -0.2) is 0 Å². The van der Waals surface area contributed by atoms with Crippen molar-refractivity contribution >= 4 is 46.7 Å². The van der Waals surface area contributed by atoms with Crippen LogP contribution in [0.25, 0.3) is 12.2 Å². The molecule has 1 N–H and O–H groups in total. The van der Waals surface area contributed by atoms with E-state index in [0.29, 0.717) is 11.1 Å². The van der Waals surface area contributed by atoms with Gasteiger partial charge in [-0.1, -0.05) is 29.3 Å². The zero-order valence-electron chi connectivity index (χ0n) is 11.7. The first-order valence-corrected chi connectivity index (χ1v) is 7.19. The molecular weight excluding hydrogens is 363 g/mol. The molecule has 0 amide bonds. The molecule has 1 aliphatic heterocycles. The zero-order valence-corrected chi connectivity index (χ0v) is 13.2. The Labute approximate surface area is 144 Å². The minimum Gasteiger partial charge on any atom is -0.553 e. The van der Waals surface area contributed by atoms with Crippen molar-refractivity contribution in [1.29, 1.82) is 0 Å². The summed E-state index contributed by atoms with van der Waals surface area (Å²) in [7, 11) is 0. The van der Waals surface area contributed by atoms with E-state index in [2.05, 4.69) is 9.98 Å². The lowest BCUT2D eigenvalue weighted by Gasteiger charge is -2.08. The maximum atomic E-state index is 11.9. The van der Waals surface area contributed by atoms with Gasteiger partial charge in [-0.3, -0.25) is 10.1 Å². The molecule has 3 rings (SSSR count). The van der Waals surface area contributed by atoms with Gasteiger partial charge >= 0.3 is 0 Å². The summed E-state index contributed by atoms with van der Waals surface area (Å²) in [5.41, 5.74) is 0.535. The minimum absolute atomic E-state index is 0.0657. The van der Waals surface area contributed by atoms with Crippen LogP contribution in [-0.4, -0.2) is 10.0 Å². The topological polar surface area (TPSA) is 111 Å². The molecule has 2 aromatic rings. The highest BCUT2D eigenvalue weighted by Gasteiger charge is 2.48. The summed E-state index contributed by atoms with van der Waals surface area (Å²) in [6.45, 7) is 0. The van der Waals surface area contributed by atoms with Gasteiger partial charge in [-0.2, -0.15) is 0 Å². The predicted octanol–water partition coefficient (Wildman–Crippen LogP) is 4.37. The molecule has 1 heterocycles. The Bertz CT molecular complexity index is 843. The first kappa shape index (κ1) is 16.7. The van der Waals surface area contributed by atoms with E-state index in [-0.39, 0.29) is 27.2 Å². The van der Waals surface area contributed by atoms with Crippen LogP contribution in [-0.2, 0) is 9.98 Å². The molecule has 8 nitrogen and oxygen atoms in total. The highest BCUT2D eigenvalue weighted by molar-refractivity contribution is 6.37. The average Bonchev–Trinajstić information content (AvgIpc) is 3.29. The zero-order chi connectivity index (χ0) is 17.5. The number of non-ortho nitro benzene ring substituents is 1. The molecule has 2 aromatic carbocycles. The lowest BCUT2D eigenvalue weighted by Crippen LogP contribution is -2.15. The van der Waals surface area contributed by atoms with Gasteiger partial charge in [0.05, 0.1) is 31.0 Å². The molecule has 0 aliphatic carbocycles. The van der Waals surface area contributed by atoms with Crippen LogP contribution in [0.4, 0.5) is 11.4 Å². The summed E-state index contributed by atoms with van der Waals surface area (Å²) in [5, 5.41) is 32.4. The van der Waals surface area contributed by atoms with Crippen molar-refractivity contribution < 1.29 is 20.0 Å². The maximum absolute atomic E-state index is 11.9. The van der Waals surface area contributed by atoms with Gasteiger partial charge in [0, 0.05) is 16.6 Å². The number of hydrogen-bond donors (Lipinski definition) is 1. The van der Waals surface area contributed by atoms with E-state index in [9.17, 15) is 20.4 Å². The van der Waals surface area contributed by atoms with Gasteiger partial charge in [0.1, 0.15) is 0 Å². The number of phenols is 1. The molecular formula is C14H8Cl2N2O6. The lowest BCUT2D eigenvalue weighted by atomic mass is 10.1. The lowest BCUT2D eigenvalue weighted by molar-refractivity contribution is -0.384. The molecule has 1 fully saturated rings. The Morgan fingerprint density at radius 1 is 1.12 bits per heavy atom. The number of nitro benzene ring substituents is 1. The molecule has 0 saturated carbocycles. The molecule has 0 spiro atoms. The molecule has 24 heavy (non-hydrogen) atoms. The quantitative estimate of drug-likeness (QED) is 0.162. The van der Waals surface area contributed by atoms with Crippen LogP contribution in [0.3, 0.4) is 0 Å². The number of nitrogens with zero attached hydrogens (tertiary/aromatic N) is 2. The Hall–Kier alpha value is -2.20. The number of nitro groups is 1. The molecule has 0 radical (unpaired) electrons. The molecule has 0 bridgehead atoms. The van der Waals surface area contributed by atoms with Crippen LogP contribution in [0.1, 0.15) is 11.1 Å². The molecule has 0 unspecified atom stereocenters. The second kappa shape index (κ2) is 6.02. The van der Waals surface area contributed by atoms with E-state index in [4.69, 9.17) is 23.2 Å². The third-order valence-corrected chi connectivity index (χ3v) is 3.80. The molecule has 0 aromatic heterocycles. The van der Waals surface area contributed by atoms with Gasteiger partial charge in [0.25, 0.3) is 5.69 Å². The molecule has 124 valence electrons. The maximum Gasteiger partial charge on any atom is 0.275 e. The highest BCUT2D eigenvalue weighted by Crippen LogP contribution is 2.40. The first-order valence-electron chi connectivity index (χ1n) is 6.43. The number of hydrogen-bond acceptors (Lipinski definition) is 6. The van der Waals surface area contributed by atoms with Crippen molar-refractivity contribution in [2.75, 3.05) is 0 Å². The van der Waals surface area contributed by atoms with Gasteiger partial charge in [0.15, 0.2) is 5.75 Å². The predicted molar refractivity (Wildman–Crippen MR) is 87.5 cm³/mol. The van der Waals surface area contributed by atoms with Crippen molar-refractivity contribution in [3.8, 4) is 5.75 Å². The van der Waals surface area contributed by atoms with Crippen LogP contribution in [0.5, 0.6) is 5.75 Å². The standard InChI is InChI=1S/C14H8Cl2N2O6/c15-11-5-8(6-12(16)14(11)19)1-2-9-3-4-10(17(20)21)7-13(9)18(22)23-24-18/h1-7,19H/b2-1+. The van der Waals surface area contributed by atoms with Crippen molar-refractivity contribution in [3.05, 3.63) is 66.8 Å². The highest BCUT2D eigenvalue weighted by atomic mass is 35.5. The summed E-state index contributed by atoms with van der Waals surface area (Å²) >= 11 is 11.7. The fourth-order valence-electron chi connectivity index (χ4n) is 2.00. The second-order valence-corrected chi connectivity index (χ2v) is 5.63. The number of rotatable bonds is 4. The first-order chi connectivity index (χ1) is 11.3. The van der Waals surface area contributed by atoms with Crippen LogP contribution >= 0.6 is 23.2 Å². The van der Waals surface area contributed by atoms with Crippen molar-refractivity contribution in [2.24, 2.45) is 0 Å². The summed E-state index contributed by atoms with van der Waals surface area (Å²) in [5.74, 6) is -0.235. The van der Waals surface area contributed by atoms with Crippen molar-refractivity contribution in [3.63, 3.8) is 0 Å².